The number of rotatable bonds is 4. The van der Waals surface area contributed by atoms with Gasteiger partial charge in [0.25, 0.3) is 0 Å². The molecule has 2 unspecified atom stereocenters. The van der Waals surface area contributed by atoms with Gasteiger partial charge in [-0.15, -0.1) is 0 Å². The standard InChI is InChI=1S/C17H29NO3SSi/c1-17(2,3)23(6,7)21-15-12-13-10-8-9-11-14(13)16(15)18(4)22(5,19)20/h8-11,15-16H,12H2,1-7H3. The first kappa shape index (κ1) is 18.6. The predicted molar refractivity (Wildman–Crippen MR) is 97.6 cm³/mol. The van der Waals surface area contributed by atoms with Crippen LogP contribution in [0.5, 0.6) is 0 Å². The Kier molecular flexibility index (Phi) is 4.85. The van der Waals surface area contributed by atoms with Gasteiger partial charge in [0.1, 0.15) is 0 Å². The third kappa shape index (κ3) is 3.70. The summed E-state index contributed by atoms with van der Waals surface area (Å²) >= 11 is 0. The highest BCUT2D eigenvalue weighted by Gasteiger charge is 2.45. The van der Waals surface area contributed by atoms with Crippen LogP contribution >= 0.6 is 0 Å². The van der Waals surface area contributed by atoms with Crippen molar-refractivity contribution in [2.45, 2.75) is 57.5 Å². The highest BCUT2D eigenvalue weighted by Crippen LogP contribution is 2.44. The summed E-state index contributed by atoms with van der Waals surface area (Å²) in [5, 5.41) is 0.0932. The zero-order valence-corrected chi connectivity index (χ0v) is 17.1. The van der Waals surface area contributed by atoms with Gasteiger partial charge >= 0.3 is 0 Å². The van der Waals surface area contributed by atoms with Crippen LogP contribution < -0.4 is 0 Å². The van der Waals surface area contributed by atoms with Crippen molar-refractivity contribution in [3.63, 3.8) is 0 Å². The third-order valence-corrected chi connectivity index (χ3v) is 11.1. The summed E-state index contributed by atoms with van der Waals surface area (Å²) in [5.41, 5.74) is 2.26. The molecule has 0 aliphatic heterocycles. The number of sulfonamides is 1. The van der Waals surface area contributed by atoms with E-state index in [1.54, 1.807) is 7.05 Å². The number of hydrogen-bond acceptors (Lipinski definition) is 3. The highest BCUT2D eigenvalue weighted by atomic mass is 32.2. The Morgan fingerprint density at radius 1 is 1.22 bits per heavy atom. The molecule has 1 aliphatic rings. The molecule has 4 nitrogen and oxygen atoms in total. The van der Waals surface area contributed by atoms with Gasteiger partial charge in [-0.3, -0.25) is 0 Å². The topological polar surface area (TPSA) is 46.6 Å². The van der Waals surface area contributed by atoms with Gasteiger partial charge in [-0.2, -0.15) is 4.31 Å². The Bertz CT molecular complexity index is 679. The molecular weight excluding hydrogens is 326 g/mol. The van der Waals surface area contributed by atoms with Crippen molar-refractivity contribution in [3.8, 4) is 0 Å². The predicted octanol–water partition coefficient (Wildman–Crippen LogP) is 3.57. The number of benzene rings is 1. The largest absolute Gasteiger partial charge is 0.412 e. The summed E-state index contributed by atoms with van der Waals surface area (Å²) in [6.45, 7) is 11.0. The zero-order chi connectivity index (χ0) is 17.6. The minimum absolute atomic E-state index is 0.0932. The van der Waals surface area contributed by atoms with Crippen molar-refractivity contribution in [1.82, 2.24) is 4.31 Å². The van der Waals surface area contributed by atoms with Crippen LogP contribution in [0.15, 0.2) is 24.3 Å². The fourth-order valence-electron chi connectivity index (χ4n) is 2.83. The third-order valence-electron chi connectivity index (χ3n) is 5.31. The second-order valence-electron chi connectivity index (χ2n) is 8.04. The molecule has 2 atom stereocenters. The molecular formula is C17H29NO3SSi. The second kappa shape index (κ2) is 5.99. The lowest BCUT2D eigenvalue weighted by Crippen LogP contribution is -2.47. The fourth-order valence-corrected chi connectivity index (χ4v) is 4.82. The molecule has 0 amide bonds. The maximum absolute atomic E-state index is 12.1. The molecule has 1 aliphatic carbocycles. The van der Waals surface area contributed by atoms with E-state index in [-0.39, 0.29) is 17.2 Å². The van der Waals surface area contributed by atoms with Gasteiger partial charge in [-0.25, -0.2) is 8.42 Å². The normalized spacial score (nSPS) is 22.4. The number of hydrogen-bond donors (Lipinski definition) is 0. The zero-order valence-electron chi connectivity index (χ0n) is 15.3. The average Bonchev–Trinajstić information content (AvgIpc) is 2.72. The molecule has 0 fully saturated rings. The minimum Gasteiger partial charge on any atom is -0.412 e. The molecule has 0 heterocycles. The van der Waals surface area contributed by atoms with Crippen LogP contribution in [0.3, 0.4) is 0 Å². The smallest absolute Gasteiger partial charge is 0.211 e. The van der Waals surface area contributed by atoms with Crippen LogP contribution in [-0.2, 0) is 20.9 Å². The van der Waals surface area contributed by atoms with E-state index in [4.69, 9.17) is 4.43 Å². The van der Waals surface area contributed by atoms with Crippen molar-refractivity contribution in [2.24, 2.45) is 0 Å². The first-order valence-corrected chi connectivity index (χ1v) is 12.8. The van der Waals surface area contributed by atoms with Gasteiger partial charge in [-0.05, 0) is 35.7 Å². The van der Waals surface area contributed by atoms with E-state index in [2.05, 4.69) is 39.9 Å². The van der Waals surface area contributed by atoms with Gasteiger partial charge in [0.2, 0.25) is 10.0 Å². The van der Waals surface area contributed by atoms with Crippen LogP contribution in [0.4, 0.5) is 0 Å². The Morgan fingerprint density at radius 2 is 1.78 bits per heavy atom. The van der Waals surface area contributed by atoms with Crippen molar-refractivity contribution < 1.29 is 12.8 Å². The molecule has 0 saturated heterocycles. The Labute approximate surface area is 142 Å². The van der Waals surface area contributed by atoms with E-state index in [1.807, 2.05) is 18.2 Å². The van der Waals surface area contributed by atoms with Crippen molar-refractivity contribution in [2.75, 3.05) is 13.3 Å². The molecule has 6 heteroatoms. The summed E-state index contributed by atoms with van der Waals surface area (Å²) in [4.78, 5) is 0. The maximum Gasteiger partial charge on any atom is 0.211 e. The lowest BCUT2D eigenvalue weighted by molar-refractivity contribution is 0.121. The average molecular weight is 356 g/mol. The first-order chi connectivity index (χ1) is 10.3. The minimum atomic E-state index is -3.28. The monoisotopic (exact) mass is 355 g/mol. The molecule has 0 N–H and O–H groups in total. The van der Waals surface area contributed by atoms with E-state index in [0.29, 0.717) is 0 Å². The van der Waals surface area contributed by atoms with Gasteiger partial charge in [0.15, 0.2) is 8.32 Å². The van der Waals surface area contributed by atoms with Gasteiger partial charge < -0.3 is 4.43 Å². The van der Waals surface area contributed by atoms with Gasteiger partial charge in [-0.1, -0.05) is 45.0 Å². The fraction of sp³-hybridized carbons (Fsp3) is 0.647. The second-order valence-corrected chi connectivity index (χ2v) is 14.8. The van der Waals surface area contributed by atoms with Gasteiger partial charge in [0.05, 0.1) is 18.4 Å². The molecule has 0 spiro atoms. The summed E-state index contributed by atoms with van der Waals surface area (Å²) < 4.78 is 32.3. The Balaban J connectivity index is 2.40. The van der Waals surface area contributed by atoms with E-state index in [9.17, 15) is 8.42 Å². The van der Waals surface area contributed by atoms with E-state index < -0.39 is 18.3 Å². The summed E-state index contributed by atoms with van der Waals surface area (Å²) in [6.07, 6.45) is 1.91. The maximum atomic E-state index is 12.1. The lowest BCUT2D eigenvalue weighted by Gasteiger charge is -2.41. The number of nitrogens with zero attached hydrogens (tertiary/aromatic N) is 1. The molecule has 0 radical (unpaired) electrons. The van der Waals surface area contributed by atoms with E-state index >= 15 is 0 Å². The number of likely N-dealkylation sites (N-methyl/N-ethyl adjacent to an activating group) is 1. The summed E-state index contributed by atoms with van der Waals surface area (Å²) in [5.74, 6) is 0. The van der Waals surface area contributed by atoms with Crippen molar-refractivity contribution in [3.05, 3.63) is 35.4 Å². The van der Waals surface area contributed by atoms with Crippen LogP contribution in [0.25, 0.3) is 0 Å². The van der Waals surface area contributed by atoms with Crippen LogP contribution in [0.1, 0.15) is 37.9 Å². The van der Waals surface area contributed by atoms with Gasteiger partial charge in [0, 0.05) is 7.05 Å². The molecule has 23 heavy (non-hydrogen) atoms. The molecule has 0 bridgehead atoms. The van der Waals surface area contributed by atoms with E-state index in [0.717, 1.165) is 12.0 Å². The lowest BCUT2D eigenvalue weighted by atomic mass is 10.1. The Morgan fingerprint density at radius 3 is 2.30 bits per heavy atom. The highest BCUT2D eigenvalue weighted by molar-refractivity contribution is 7.88. The summed E-state index contributed by atoms with van der Waals surface area (Å²) in [6, 6.07) is 7.83. The number of fused-ring (bicyclic) bond motifs is 1. The van der Waals surface area contributed by atoms with Crippen LogP contribution in [0.2, 0.25) is 18.1 Å². The van der Waals surface area contributed by atoms with Crippen LogP contribution in [-0.4, -0.2) is 40.4 Å². The molecule has 2 rings (SSSR count). The molecule has 130 valence electrons. The Hall–Kier alpha value is -0.693. The molecule has 1 aromatic carbocycles. The quantitative estimate of drug-likeness (QED) is 0.776. The molecule has 1 aromatic rings. The SMILES string of the molecule is CN(C1c2ccccc2CC1O[Si](C)(C)C(C)(C)C)S(C)(=O)=O. The summed E-state index contributed by atoms with van der Waals surface area (Å²) in [7, 11) is -3.60. The molecule has 0 aromatic heterocycles. The van der Waals surface area contributed by atoms with E-state index in [1.165, 1.54) is 16.1 Å². The molecule has 0 saturated carbocycles. The first-order valence-electron chi connectivity index (χ1n) is 8.03. The van der Waals surface area contributed by atoms with Crippen molar-refractivity contribution in [1.29, 1.82) is 0 Å². The van der Waals surface area contributed by atoms with Crippen molar-refractivity contribution >= 4 is 18.3 Å². The van der Waals surface area contributed by atoms with Crippen LogP contribution in [0, 0.1) is 0 Å².